The molecule has 216 valence electrons. The molecule has 2 aliphatic rings. The van der Waals surface area contributed by atoms with E-state index in [0.717, 1.165) is 74.6 Å². The molecule has 1 saturated heterocycles. The smallest absolute Gasteiger partial charge is 0.279 e. The monoisotopic (exact) mass is 600 g/mol. The molecule has 0 aromatic carbocycles. The van der Waals surface area contributed by atoms with E-state index in [2.05, 4.69) is 31.0 Å². The highest BCUT2D eigenvalue weighted by molar-refractivity contribution is 7.91. The SMILES string of the molecule is CCN(CC)S(=O)(=O)c1scc(NC2=NS(=O)N=C2[NH2+]Cc2cc(CCCCN3CCN(C)CC3)co2)c1O. The lowest BCUT2D eigenvalue weighted by Gasteiger charge is -2.32. The van der Waals surface area contributed by atoms with E-state index < -0.39 is 26.9 Å². The van der Waals surface area contributed by atoms with Crippen LogP contribution in [0, 0.1) is 0 Å². The van der Waals surface area contributed by atoms with E-state index in [1.165, 1.54) is 9.69 Å². The van der Waals surface area contributed by atoms with Crippen LogP contribution >= 0.6 is 11.3 Å². The van der Waals surface area contributed by atoms with Gasteiger partial charge in [0.2, 0.25) is 5.84 Å². The van der Waals surface area contributed by atoms with Crippen molar-refractivity contribution in [3.8, 4) is 5.75 Å². The van der Waals surface area contributed by atoms with Crippen LogP contribution in [0.25, 0.3) is 0 Å². The Hall–Kier alpha value is -2.14. The molecular formula is C24H38N7O5S3+. The van der Waals surface area contributed by atoms with Gasteiger partial charge in [0.1, 0.15) is 6.54 Å². The second-order valence-electron chi connectivity index (χ2n) is 9.58. The van der Waals surface area contributed by atoms with Crippen LogP contribution in [0.15, 0.2) is 35.1 Å². The van der Waals surface area contributed by atoms with Crippen LogP contribution in [-0.4, -0.2) is 96.4 Å². The van der Waals surface area contributed by atoms with Crippen LogP contribution in [-0.2, 0) is 34.2 Å². The van der Waals surface area contributed by atoms with Gasteiger partial charge in [0.25, 0.3) is 27.0 Å². The molecule has 2 aromatic rings. The van der Waals surface area contributed by atoms with Crippen LogP contribution in [0.3, 0.4) is 0 Å². The van der Waals surface area contributed by atoms with E-state index in [0.29, 0.717) is 25.5 Å². The number of quaternary nitrogens is 1. The third-order valence-electron chi connectivity index (χ3n) is 6.84. The molecule has 0 radical (unpaired) electrons. The van der Waals surface area contributed by atoms with Gasteiger partial charge in [0, 0.05) is 44.6 Å². The zero-order chi connectivity index (χ0) is 28.0. The fourth-order valence-corrected chi connectivity index (χ4v) is 8.00. The van der Waals surface area contributed by atoms with Crippen molar-refractivity contribution < 1.29 is 27.5 Å². The number of sulfonamides is 1. The minimum atomic E-state index is -3.82. The number of anilines is 1. The van der Waals surface area contributed by atoms with Gasteiger partial charge in [0.05, 0.1) is 12.0 Å². The molecule has 12 nitrogen and oxygen atoms in total. The number of furan rings is 1. The minimum Gasteiger partial charge on any atom is -0.504 e. The predicted molar refractivity (Wildman–Crippen MR) is 154 cm³/mol. The van der Waals surface area contributed by atoms with Crippen molar-refractivity contribution >= 4 is 49.9 Å². The van der Waals surface area contributed by atoms with E-state index in [-0.39, 0.29) is 15.7 Å². The highest BCUT2D eigenvalue weighted by Crippen LogP contribution is 2.39. The van der Waals surface area contributed by atoms with Gasteiger partial charge in [-0.25, -0.2) is 12.6 Å². The Morgan fingerprint density at radius 1 is 1.21 bits per heavy atom. The van der Waals surface area contributed by atoms with Crippen molar-refractivity contribution in [1.82, 2.24) is 14.1 Å². The Balaban J connectivity index is 1.28. The third-order valence-corrected chi connectivity index (χ3v) is 11.1. The normalized spacial score (nSPS) is 19.0. The van der Waals surface area contributed by atoms with Crippen molar-refractivity contribution in [1.29, 1.82) is 0 Å². The number of nitrogens with zero attached hydrogens (tertiary/aromatic N) is 5. The molecule has 2 aliphatic heterocycles. The lowest BCUT2D eigenvalue weighted by molar-refractivity contribution is -0.556. The van der Waals surface area contributed by atoms with E-state index in [9.17, 15) is 17.7 Å². The largest absolute Gasteiger partial charge is 0.504 e. The Kier molecular flexibility index (Phi) is 10.3. The molecule has 1 atom stereocenters. The fourth-order valence-electron chi connectivity index (χ4n) is 4.51. The summed E-state index contributed by atoms with van der Waals surface area (Å²) in [7, 11) is -1.65. The molecule has 0 spiro atoms. The van der Waals surface area contributed by atoms with Gasteiger partial charge in [0.15, 0.2) is 15.7 Å². The molecule has 15 heteroatoms. The first-order chi connectivity index (χ1) is 18.7. The zero-order valence-electron chi connectivity index (χ0n) is 22.6. The highest BCUT2D eigenvalue weighted by atomic mass is 32.2. The van der Waals surface area contributed by atoms with Crippen molar-refractivity contribution in [2.75, 3.05) is 58.2 Å². The summed E-state index contributed by atoms with van der Waals surface area (Å²) in [6, 6.07) is 2.03. The topological polar surface area (TPSA) is 148 Å². The first-order valence-electron chi connectivity index (χ1n) is 13.2. The van der Waals surface area contributed by atoms with E-state index in [1.807, 2.05) is 6.07 Å². The number of likely N-dealkylation sites (N-methyl/N-ethyl adjacent to an activating group) is 1. The van der Waals surface area contributed by atoms with Gasteiger partial charge in [-0.1, -0.05) is 13.8 Å². The van der Waals surface area contributed by atoms with Crippen molar-refractivity contribution in [2.24, 2.45) is 8.80 Å². The molecule has 0 saturated carbocycles. The number of piperazine rings is 1. The summed E-state index contributed by atoms with van der Waals surface area (Å²) in [4.78, 5) is 4.89. The highest BCUT2D eigenvalue weighted by Gasteiger charge is 2.31. The molecule has 4 heterocycles. The molecule has 0 bridgehead atoms. The van der Waals surface area contributed by atoms with Crippen molar-refractivity contribution in [3.63, 3.8) is 0 Å². The first kappa shape index (κ1) is 29.8. The zero-order valence-corrected chi connectivity index (χ0v) is 25.1. The predicted octanol–water partition coefficient (Wildman–Crippen LogP) is 1.21. The van der Waals surface area contributed by atoms with E-state index >= 15 is 0 Å². The summed E-state index contributed by atoms with van der Waals surface area (Å²) in [6.07, 6.45) is 4.98. The van der Waals surface area contributed by atoms with Crippen molar-refractivity contribution in [2.45, 2.75) is 43.9 Å². The molecule has 39 heavy (non-hydrogen) atoms. The maximum atomic E-state index is 12.8. The van der Waals surface area contributed by atoms with Gasteiger partial charge in [-0.15, -0.1) is 20.1 Å². The molecule has 1 fully saturated rings. The number of hydrogen-bond donors (Lipinski definition) is 3. The van der Waals surface area contributed by atoms with Crippen LogP contribution < -0.4 is 10.6 Å². The second-order valence-corrected chi connectivity index (χ2v) is 13.4. The molecule has 2 aromatic heterocycles. The number of unbranched alkanes of at least 4 members (excludes halogenated alkanes) is 1. The Bertz CT molecular complexity index is 1310. The summed E-state index contributed by atoms with van der Waals surface area (Å²) in [5.41, 5.74) is 1.31. The Labute approximate surface area is 236 Å². The Morgan fingerprint density at radius 2 is 1.95 bits per heavy atom. The first-order valence-corrected chi connectivity index (χ1v) is 16.6. The molecule has 4 N–H and O–H groups in total. The van der Waals surface area contributed by atoms with Crippen molar-refractivity contribution in [3.05, 3.63) is 29.0 Å². The third kappa shape index (κ3) is 7.54. The average molecular weight is 601 g/mol. The lowest BCUT2D eigenvalue weighted by atomic mass is 10.1. The molecule has 0 amide bonds. The van der Waals surface area contributed by atoms with Gasteiger partial charge in [-0.2, -0.15) is 4.31 Å². The number of rotatable bonds is 12. The number of aryl methyl sites for hydroxylation is 1. The number of aromatic hydroxyl groups is 1. The average Bonchev–Trinajstić information content (AvgIpc) is 3.61. The fraction of sp³-hybridized carbons (Fsp3) is 0.583. The number of amidine groups is 2. The molecule has 1 unspecified atom stereocenters. The van der Waals surface area contributed by atoms with E-state index in [4.69, 9.17) is 4.42 Å². The van der Waals surface area contributed by atoms with Gasteiger partial charge in [-0.05, 0) is 44.5 Å². The summed E-state index contributed by atoms with van der Waals surface area (Å²) in [5, 5.41) is 16.8. The molecule has 4 rings (SSSR count). The summed E-state index contributed by atoms with van der Waals surface area (Å²) in [6.45, 7) is 10.2. The quantitative estimate of drug-likeness (QED) is 0.308. The van der Waals surface area contributed by atoms with Crippen LogP contribution in [0.1, 0.15) is 38.0 Å². The maximum Gasteiger partial charge on any atom is 0.279 e. The number of nitrogens with two attached hydrogens (primary N) is 1. The van der Waals surface area contributed by atoms with Gasteiger partial charge >= 0.3 is 0 Å². The van der Waals surface area contributed by atoms with Gasteiger partial charge < -0.3 is 24.6 Å². The number of nitrogens with one attached hydrogen (secondary N) is 1. The van der Waals surface area contributed by atoms with Crippen LogP contribution in [0.2, 0.25) is 0 Å². The second kappa shape index (κ2) is 13.5. The van der Waals surface area contributed by atoms with Crippen LogP contribution in [0.4, 0.5) is 5.69 Å². The maximum absolute atomic E-state index is 12.8. The summed E-state index contributed by atoms with van der Waals surface area (Å²) in [5.74, 6) is 0.922. The van der Waals surface area contributed by atoms with E-state index in [1.54, 1.807) is 25.4 Å². The summed E-state index contributed by atoms with van der Waals surface area (Å²) < 4.78 is 52.6. The lowest BCUT2D eigenvalue weighted by Crippen LogP contribution is -2.88. The number of hydrogen-bond acceptors (Lipinski definition) is 9. The minimum absolute atomic E-state index is 0.150. The standard InChI is InChI=1S/C24H37N7O5S3/c1-4-31(5-2)39(34,35)24-21(32)20(17-37-24)26-23-22(27-38(33)28-23)25-15-19-14-18(16-36-19)8-6-7-9-30-12-10-29(3)11-13-30/h14,16-17,32H,4-13,15H2,1-3H3,(H,25,27)(H,26,28)/p+1. The number of thiophene rings is 1. The van der Waals surface area contributed by atoms with Gasteiger partial charge in [-0.3, -0.25) is 5.32 Å². The summed E-state index contributed by atoms with van der Waals surface area (Å²) >= 11 is -0.892. The molecule has 0 aliphatic carbocycles. The van der Waals surface area contributed by atoms with Crippen LogP contribution in [0.5, 0.6) is 5.75 Å². The molecular weight excluding hydrogens is 563 g/mol. The Morgan fingerprint density at radius 3 is 2.67 bits per heavy atom.